The zero-order valence-electron chi connectivity index (χ0n) is 11.0. The van der Waals surface area contributed by atoms with Gasteiger partial charge < -0.3 is 15.5 Å². The quantitative estimate of drug-likeness (QED) is 0.739. The fraction of sp³-hybridized carbons (Fsp3) is 0.267. The number of aromatic nitrogens is 2. The predicted octanol–water partition coefficient (Wildman–Crippen LogP) is 2.40. The molecule has 2 heterocycles. The molecule has 3 N–H and O–H groups in total. The average Bonchev–Trinajstić information content (AvgIpc) is 2.92. The van der Waals surface area contributed by atoms with Gasteiger partial charge in [-0.05, 0) is 6.07 Å². The number of fused-ring (bicyclic) bond motifs is 1. The van der Waals surface area contributed by atoms with E-state index < -0.39 is 18.2 Å². The van der Waals surface area contributed by atoms with E-state index in [9.17, 15) is 9.50 Å². The summed E-state index contributed by atoms with van der Waals surface area (Å²) >= 11 is 0. The monoisotopic (exact) mass is 284 g/mol. The van der Waals surface area contributed by atoms with Gasteiger partial charge in [0.1, 0.15) is 17.9 Å². The van der Waals surface area contributed by atoms with Crippen LogP contribution < -0.4 is 0 Å². The van der Waals surface area contributed by atoms with Crippen molar-refractivity contribution in [3.8, 4) is 6.07 Å². The number of aromatic amines is 1. The molecule has 0 fully saturated rings. The van der Waals surface area contributed by atoms with E-state index in [1.54, 1.807) is 24.4 Å². The molecule has 2 aromatic rings. The summed E-state index contributed by atoms with van der Waals surface area (Å²) in [4.78, 5) is 7.00. The molecule has 0 aromatic carbocycles. The third-order valence-corrected chi connectivity index (χ3v) is 3.74. The lowest BCUT2D eigenvalue weighted by atomic mass is 9.85. The summed E-state index contributed by atoms with van der Waals surface area (Å²) in [6.45, 7) is 0. The third-order valence-electron chi connectivity index (χ3n) is 3.74. The number of nitrogens with zero attached hydrogens (tertiary/aromatic N) is 2. The molecule has 106 valence electrons. The van der Waals surface area contributed by atoms with Crippen molar-refractivity contribution in [2.24, 2.45) is 5.92 Å². The van der Waals surface area contributed by atoms with Gasteiger partial charge in [0.25, 0.3) is 0 Å². The van der Waals surface area contributed by atoms with E-state index in [0.29, 0.717) is 22.2 Å². The van der Waals surface area contributed by atoms with Crippen molar-refractivity contribution in [3.05, 3.63) is 41.7 Å². The molecule has 0 radical (unpaired) electrons. The minimum absolute atomic E-state index is 0.0303. The maximum atomic E-state index is 14.1. The van der Waals surface area contributed by atoms with Gasteiger partial charge in [0.05, 0.1) is 11.7 Å². The highest BCUT2D eigenvalue weighted by Crippen LogP contribution is 2.34. The number of H-pyrrole nitrogens is 1. The molecule has 0 saturated heterocycles. The van der Waals surface area contributed by atoms with Crippen molar-refractivity contribution in [2.75, 3.05) is 0 Å². The molecule has 0 amide bonds. The maximum absolute atomic E-state index is 14.1. The molecule has 3 atom stereocenters. The normalized spacial score (nSPS) is 23.2. The molecule has 0 aliphatic heterocycles. The van der Waals surface area contributed by atoms with Crippen LogP contribution in [0.25, 0.3) is 11.0 Å². The van der Waals surface area contributed by atoms with Crippen molar-refractivity contribution in [1.29, 1.82) is 10.7 Å². The Morgan fingerprint density at radius 3 is 3.14 bits per heavy atom. The predicted molar refractivity (Wildman–Crippen MR) is 75.6 cm³/mol. The lowest BCUT2D eigenvalue weighted by Gasteiger charge is -2.26. The zero-order valence-corrected chi connectivity index (χ0v) is 11.0. The third kappa shape index (κ3) is 2.22. The van der Waals surface area contributed by atoms with Crippen LogP contribution in [-0.2, 0) is 0 Å². The van der Waals surface area contributed by atoms with Gasteiger partial charge in [-0.2, -0.15) is 5.26 Å². The number of nitrogens with one attached hydrogen (secondary N) is 2. The summed E-state index contributed by atoms with van der Waals surface area (Å²) in [7, 11) is 0. The van der Waals surface area contributed by atoms with Gasteiger partial charge in [-0.1, -0.05) is 12.2 Å². The highest BCUT2D eigenvalue weighted by atomic mass is 19.1. The van der Waals surface area contributed by atoms with Crippen LogP contribution in [-0.4, -0.2) is 27.0 Å². The van der Waals surface area contributed by atoms with E-state index in [1.165, 1.54) is 6.20 Å². The van der Waals surface area contributed by atoms with Gasteiger partial charge in [0, 0.05) is 41.4 Å². The van der Waals surface area contributed by atoms with E-state index in [4.69, 9.17) is 10.7 Å². The SMILES string of the molecule is N#Cc1cnc2[nH]cc(C(O)C3C=CCC(=N)C3F)c2c1. The largest absolute Gasteiger partial charge is 0.388 e. The molecular weight excluding hydrogens is 271 g/mol. The van der Waals surface area contributed by atoms with Gasteiger partial charge in [0.15, 0.2) is 0 Å². The zero-order chi connectivity index (χ0) is 15.0. The van der Waals surface area contributed by atoms with Crippen LogP contribution >= 0.6 is 0 Å². The number of allylic oxidation sites excluding steroid dienone is 1. The first kappa shape index (κ1) is 13.5. The molecule has 5 nitrogen and oxygen atoms in total. The minimum Gasteiger partial charge on any atom is -0.388 e. The fourth-order valence-corrected chi connectivity index (χ4v) is 2.60. The standard InChI is InChI=1S/C15H13FN4O/c16-13-9(2-1-3-12(13)18)14(21)11-7-20-15-10(11)4-8(5-17)6-19-15/h1-2,4,6-7,9,13-14,18,21H,3H2,(H,19,20). The molecule has 0 spiro atoms. The summed E-state index contributed by atoms with van der Waals surface area (Å²) in [6, 6.07) is 3.60. The van der Waals surface area contributed by atoms with Crippen LogP contribution in [0.5, 0.6) is 0 Å². The van der Waals surface area contributed by atoms with Gasteiger partial charge in [-0.3, -0.25) is 0 Å². The lowest BCUT2D eigenvalue weighted by molar-refractivity contribution is 0.101. The Morgan fingerprint density at radius 1 is 1.57 bits per heavy atom. The highest BCUT2D eigenvalue weighted by Gasteiger charge is 2.33. The molecule has 3 rings (SSSR count). The van der Waals surface area contributed by atoms with Crippen LogP contribution in [0.1, 0.15) is 23.7 Å². The summed E-state index contributed by atoms with van der Waals surface area (Å²) in [6.07, 6.45) is 3.99. The van der Waals surface area contributed by atoms with E-state index in [-0.39, 0.29) is 12.1 Å². The number of halogens is 1. The number of nitriles is 1. The first-order chi connectivity index (χ1) is 10.1. The molecule has 0 bridgehead atoms. The number of hydrogen-bond donors (Lipinski definition) is 3. The van der Waals surface area contributed by atoms with Crippen LogP contribution in [0.4, 0.5) is 4.39 Å². The Morgan fingerprint density at radius 2 is 2.38 bits per heavy atom. The van der Waals surface area contributed by atoms with Crippen LogP contribution in [0.15, 0.2) is 30.6 Å². The Kier molecular flexibility index (Phi) is 3.28. The number of alkyl halides is 1. The summed E-state index contributed by atoms with van der Waals surface area (Å²) in [5, 5.41) is 27.6. The fourth-order valence-electron chi connectivity index (χ4n) is 2.60. The summed E-state index contributed by atoms with van der Waals surface area (Å²) in [5.74, 6) is -0.795. The minimum atomic E-state index is -1.50. The maximum Gasteiger partial charge on any atom is 0.147 e. The van der Waals surface area contributed by atoms with Crippen molar-refractivity contribution in [1.82, 2.24) is 9.97 Å². The summed E-state index contributed by atoms with van der Waals surface area (Å²) < 4.78 is 14.1. The van der Waals surface area contributed by atoms with Crippen LogP contribution in [0, 0.1) is 22.7 Å². The number of aliphatic hydroxyl groups is 1. The molecule has 3 unspecified atom stereocenters. The van der Waals surface area contributed by atoms with Crippen molar-refractivity contribution in [2.45, 2.75) is 18.7 Å². The number of aliphatic hydroxyl groups excluding tert-OH is 1. The number of pyridine rings is 1. The van der Waals surface area contributed by atoms with Gasteiger partial charge in [0.2, 0.25) is 0 Å². The van der Waals surface area contributed by atoms with E-state index in [0.717, 1.165) is 0 Å². The molecule has 0 saturated carbocycles. The Labute approximate surface area is 120 Å². The molecule has 21 heavy (non-hydrogen) atoms. The second-order valence-electron chi connectivity index (χ2n) is 5.06. The van der Waals surface area contributed by atoms with E-state index in [1.807, 2.05) is 6.07 Å². The van der Waals surface area contributed by atoms with E-state index in [2.05, 4.69) is 9.97 Å². The van der Waals surface area contributed by atoms with E-state index >= 15 is 0 Å². The molecule has 6 heteroatoms. The first-order valence-electron chi connectivity index (χ1n) is 6.55. The molecule has 2 aromatic heterocycles. The van der Waals surface area contributed by atoms with Crippen molar-refractivity contribution in [3.63, 3.8) is 0 Å². The Hall–Kier alpha value is -2.52. The second-order valence-corrected chi connectivity index (χ2v) is 5.06. The lowest BCUT2D eigenvalue weighted by Crippen LogP contribution is -2.30. The molecular formula is C15H13FN4O. The molecule has 1 aliphatic carbocycles. The number of hydrogen-bond acceptors (Lipinski definition) is 4. The highest BCUT2D eigenvalue weighted by molar-refractivity contribution is 5.89. The van der Waals surface area contributed by atoms with Gasteiger partial charge in [-0.15, -0.1) is 0 Å². The average molecular weight is 284 g/mol. The number of rotatable bonds is 2. The van der Waals surface area contributed by atoms with Crippen LogP contribution in [0.3, 0.4) is 0 Å². The van der Waals surface area contributed by atoms with Crippen molar-refractivity contribution >= 4 is 16.7 Å². The summed E-state index contributed by atoms with van der Waals surface area (Å²) in [5.41, 5.74) is 1.37. The molecule has 1 aliphatic rings. The van der Waals surface area contributed by atoms with Crippen molar-refractivity contribution < 1.29 is 9.50 Å². The van der Waals surface area contributed by atoms with Gasteiger partial charge in [-0.25, -0.2) is 9.37 Å². The van der Waals surface area contributed by atoms with Gasteiger partial charge >= 0.3 is 0 Å². The smallest absolute Gasteiger partial charge is 0.147 e. The second kappa shape index (κ2) is 5.11. The van der Waals surface area contributed by atoms with Crippen LogP contribution in [0.2, 0.25) is 0 Å². The topological polar surface area (TPSA) is 96.6 Å². The first-order valence-corrected chi connectivity index (χ1v) is 6.55. The Bertz CT molecular complexity index is 774. The Balaban J connectivity index is 2.04.